The second kappa shape index (κ2) is 10.3. The van der Waals surface area contributed by atoms with E-state index in [4.69, 9.17) is 14.7 Å². The van der Waals surface area contributed by atoms with Gasteiger partial charge in [-0.25, -0.2) is 14.6 Å². The van der Waals surface area contributed by atoms with Crippen molar-refractivity contribution in [1.29, 1.82) is 0 Å². The highest BCUT2D eigenvalue weighted by Gasteiger charge is 2.26. The van der Waals surface area contributed by atoms with Gasteiger partial charge in [-0.1, -0.05) is 0 Å². The van der Waals surface area contributed by atoms with Crippen LogP contribution in [0.2, 0.25) is 0 Å². The fourth-order valence-electron chi connectivity index (χ4n) is 4.64. The molecule has 13 nitrogen and oxygen atoms in total. The highest BCUT2D eigenvalue weighted by atomic mass is 16.6. The van der Waals surface area contributed by atoms with Crippen LogP contribution in [0.1, 0.15) is 39.3 Å². The van der Waals surface area contributed by atoms with Crippen molar-refractivity contribution in [2.24, 2.45) is 4.99 Å². The number of fused-ring (bicyclic) bond motifs is 1. The number of nitrogens with zero attached hydrogens (tertiary/aromatic N) is 6. The average Bonchev–Trinajstić information content (AvgIpc) is 3.56. The van der Waals surface area contributed by atoms with E-state index in [2.05, 4.69) is 25.3 Å². The van der Waals surface area contributed by atoms with E-state index in [9.17, 15) is 14.7 Å². The smallest absolute Gasteiger partial charge is 0.410 e. The number of H-pyrrole nitrogens is 2. The normalized spacial score (nSPS) is 17.0. The molecule has 1 aliphatic heterocycles. The number of piperazine rings is 1. The van der Waals surface area contributed by atoms with Crippen molar-refractivity contribution in [3.8, 4) is 5.88 Å². The second-order valence-electron chi connectivity index (χ2n) is 11.3. The van der Waals surface area contributed by atoms with Gasteiger partial charge in [0.05, 0.1) is 12.2 Å². The number of rotatable bonds is 5. The van der Waals surface area contributed by atoms with Crippen LogP contribution in [-0.2, 0) is 4.74 Å². The molecule has 41 heavy (non-hydrogen) atoms. The van der Waals surface area contributed by atoms with Crippen molar-refractivity contribution in [3.05, 3.63) is 63.4 Å². The minimum absolute atomic E-state index is 0.244. The number of aromatic nitrogens is 5. The first kappa shape index (κ1) is 26.4. The van der Waals surface area contributed by atoms with Crippen LogP contribution in [0.4, 0.5) is 22.0 Å². The minimum atomic E-state index is -0.507. The number of hydrogen-bond acceptors (Lipinski definition) is 9. The molecular formula is C28H33N9O4. The summed E-state index contributed by atoms with van der Waals surface area (Å²) in [5, 5.41) is 18.5. The Kier molecular flexibility index (Phi) is 6.64. The first-order valence-corrected chi connectivity index (χ1v) is 13.7. The molecule has 6 rings (SSSR count). The third-order valence-corrected chi connectivity index (χ3v) is 6.81. The molecule has 13 heteroatoms. The molecule has 2 fully saturated rings. The molecule has 0 unspecified atom stereocenters. The number of benzene rings is 1. The lowest BCUT2D eigenvalue weighted by Crippen LogP contribution is -2.50. The highest BCUT2D eigenvalue weighted by Crippen LogP contribution is 2.24. The SMILES string of the molecule is CC(C)(C)OC(=O)N1CCN(c2ccc(Nc3cc(=NC4CC4)n4nc/c(=C\c5[nH]c(=O)[nH]c5O)c4n3)cc2)CC1. The van der Waals surface area contributed by atoms with Gasteiger partial charge in [0, 0.05) is 48.8 Å². The molecular weight excluding hydrogens is 526 g/mol. The maximum atomic E-state index is 12.4. The lowest BCUT2D eigenvalue weighted by atomic mass is 10.2. The Bertz CT molecular complexity index is 1750. The van der Waals surface area contributed by atoms with Crippen molar-refractivity contribution >= 4 is 35.0 Å². The number of aromatic hydroxyl groups is 1. The summed E-state index contributed by atoms with van der Waals surface area (Å²) in [6.07, 6.45) is 5.05. The highest BCUT2D eigenvalue weighted by molar-refractivity contribution is 5.69. The Morgan fingerprint density at radius 2 is 1.88 bits per heavy atom. The zero-order chi connectivity index (χ0) is 28.7. The lowest BCUT2D eigenvalue weighted by molar-refractivity contribution is 0.0240. The number of ether oxygens (including phenoxy) is 1. The van der Waals surface area contributed by atoms with E-state index >= 15 is 0 Å². The minimum Gasteiger partial charge on any atom is -0.493 e. The van der Waals surface area contributed by atoms with E-state index in [-0.39, 0.29) is 23.7 Å². The number of nitrogens with one attached hydrogen (secondary N) is 3. The van der Waals surface area contributed by atoms with Gasteiger partial charge in [0.1, 0.15) is 17.1 Å². The fourth-order valence-corrected chi connectivity index (χ4v) is 4.64. The van der Waals surface area contributed by atoms with E-state index < -0.39 is 11.3 Å². The average molecular weight is 560 g/mol. The second-order valence-corrected chi connectivity index (χ2v) is 11.3. The van der Waals surface area contributed by atoms with E-state index in [1.807, 2.05) is 51.1 Å². The van der Waals surface area contributed by atoms with E-state index in [0.717, 1.165) is 37.3 Å². The summed E-state index contributed by atoms with van der Waals surface area (Å²) >= 11 is 0. The first-order valence-electron chi connectivity index (χ1n) is 13.7. The van der Waals surface area contributed by atoms with E-state index in [1.165, 1.54) is 0 Å². The van der Waals surface area contributed by atoms with Gasteiger partial charge < -0.3 is 29.9 Å². The van der Waals surface area contributed by atoms with Gasteiger partial charge in [-0.3, -0.25) is 9.98 Å². The Balaban J connectivity index is 1.21. The summed E-state index contributed by atoms with van der Waals surface area (Å²) in [5.74, 6) is 0.343. The summed E-state index contributed by atoms with van der Waals surface area (Å²) in [6, 6.07) is 10.2. The number of anilines is 3. The van der Waals surface area contributed by atoms with Crippen LogP contribution in [-0.4, -0.2) is 78.5 Å². The summed E-state index contributed by atoms with van der Waals surface area (Å²) in [5.41, 5.74) is 2.37. The molecule has 4 N–H and O–H groups in total. The van der Waals surface area contributed by atoms with Crippen LogP contribution in [0.3, 0.4) is 0 Å². The van der Waals surface area contributed by atoms with Crippen molar-refractivity contribution in [2.45, 2.75) is 45.3 Å². The Labute approximate surface area is 235 Å². The lowest BCUT2D eigenvalue weighted by Gasteiger charge is -2.36. The Morgan fingerprint density at radius 3 is 2.51 bits per heavy atom. The molecule has 1 aromatic carbocycles. The molecule has 1 saturated heterocycles. The standard InChI is InChI=1S/C28H33N9O4/c1-28(2,3)41-27(40)36-12-10-35(11-13-36)20-8-6-18(7-9-20)30-22-15-23(31-19-4-5-19)37-24(33-22)17(16-29-37)14-21-25(38)34-26(39)32-21/h6-9,14-16,19,30,38H,4-5,10-13H2,1-3H3,(H2,32,34,39)/b17-14+,31-23?. The molecule has 1 saturated carbocycles. The van der Waals surface area contributed by atoms with Crippen molar-refractivity contribution < 1.29 is 14.6 Å². The molecule has 0 atom stereocenters. The van der Waals surface area contributed by atoms with Gasteiger partial charge >= 0.3 is 11.8 Å². The Hall–Kier alpha value is -4.81. The number of imidazole rings is 1. The van der Waals surface area contributed by atoms with Gasteiger partial charge in [0.2, 0.25) is 5.88 Å². The molecule has 3 aromatic heterocycles. The van der Waals surface area contributed by atoms with E-state index in [1.54, 1.807) is 21.7 Å². The third kappa shape index (κ3) is 6.03. The zero-order valence-corrected chi connectivity index (χ0v) is 23.2. The molecule has 0 radical (unpaired) electrons. The molecule has 4 heterocycles. The topological polar surface area (TPSA) is 156 Å². The number of hydrogen-bond donors (Lipinski definition) is 4. The number of carbonyl (C=O) groups is 1. The van der Waals surface area contributed by atoms with Gasteiger partial charge in [-0.2, -0.15) is 9.61 Å². The molecule has 0 spiro atoms. The van der Waals surface area contributed by atoms with Crippen LogP contribution in [0.25, 0.3) is 11.7 Å². The van der Waals surface area contributed by atoms with E-state index in [0.29, 0.717) is 35.3 Å². The number of carbonyl (C=O) groups excluding carboxylic acids is 1. The quantitative estimate of drug-likeness (QED) is 0.289. The zero-order valence-electron chi connectivity index (χ0n) is 23.2. The summed E-state index contributed by atoms with van der Waals surface area (Å²) < 4.78 is 7.17. The predicted octanol–water partition coefficient (Wildman–Crippen LogP) is 1.86. The largest absolute Gasteiger partial charge is 0.493 e. The number of amides is 1. The summed E-state index contributed by atoms with van der Waals surface area (Å²) in [7, 11) is 0. The maximum Gasteiger partial charge on any atom is 0.410 e. The number of aromatic amines is 2. The monoisotopic (exact) mass is 559 g/mol. The Morgan fingerprint density at radius 1 is 1.15 bits per heavy atom. The summed E-state index contributed by atoms with van der Waals surface area (Å²) in [4.78, 5) is 42.4. The molecule has 0 bridgehead atoms. The predicted molar refractivity (Wildman–Crippen MR) is 153 cm³/mol. The van der Waals surface area contributed by atoms with Gasteiger partial charge in [-0.05, 0) is 64.0 Å². The van der Waals surface area contributed by atoms with Crippen molar-refractivity contribution in [2.75, 3.05) is 36.4 Å². The van der Waals surface area contributed by atoms with Crippen molar-refractivity contribution in [1.82, 2.24) is 29.5 Å². The van der Waals surface area contributed by atoms with Crippen LogP contribution in [0.15, 0.2) is 46.3 Å². The molecule has 1 aliphatic carbocycles. The third-order valence-electron chi connectivity index (χ3n) is 6.81. The fraction of sp³-hybridized carbons (Fsp3) is 0.393. The maximum absolute atomic E-state index is 12.4. The molecule has 2 aliphatic rings. The van der Waals surface area contributed by atoms with Crippen LogP contribution >= 0.6 is 0 Å². The van der Waals surface area contributed by atoms with Crippen molar-refractivity contribution in [3.63, 3.8) is 0 Å². The van der Waals surface area contributed by atoms with Crippen LogP contribution in [0, 0.1) is 0 Å². The van der Waals surface area contributed by atoms with Gasteiger partial charge in [-0.15, -0.1) is 0 Å². The molecule has 1 amide bonds. The van der Waals surface area contributed by atoms with Crippen LogP contribution in [0.5, 0.6) is 5.88 Å². The van der Waals surface area contributed by atoms with Gasteiger partial charge in [0.15, 0.2) is 11.1 Å². The molecule has 214 valence electrons. The van der Waals surface area contributed by atoms with Crippen LogP contribution < -0.4 is 26.6 Å². The van der Waals surface area contributed by atoms with Gasteiger partial charge in [0.25, 0.3) is 0 Å². The molecule has 4 aromatic rings. The summed E-state index contributed by atoms with van der Waals surface area (Å²) in [6.45, 7) is 8.27. The first-order chi connectivity index (χ1) is 19.6.